The third-order valence-electron chi connectivity index (χ3n) is 6.22. The Labute approximate surface area is 206 Å². The van der Waals surface area contributed by atoms with Crippen LogP contribution in [0.4, 0.5) is 0 Å². The molecule has 0 saturated heterocycles. The molecular formula is C27H30N2O5S. The topological polar surface area (TPSA) is 84.9 Å². The molecule has 35 heavy (non-hydrogen) atoms. The molecule has 0 fully saturated rings. The fourth-order valence-corrected chi connectivity index (χ4v) is 5.84. The number of fused-ring (bicyclic) bond motifs is 1. The van der Waals surface area contributed by atoms with E-state index in [9.17, 15) is 13.2 Å². The molecule has 4 rings (SSSR count). The molecular weight excluding hydrogens is 464 g/mol. The van der Waals surface area contributed by atoms with Crippen molar-refractivity contribution in [1.82, 2.24) is 9.62 Å². The highest BCUT2D eigenvalue weighted by Crippen LogP contribution is 2.32. The van der Waals surface area contributed by atoms with E-state index >= 15 is 0 Å². The number of rotatable bonds is 9. The molecule has 0 saturated carbocycles. The van der Waals surface area contributed by atoms with Gasteiger partial charge in [0, 0.05) is 12.6 Å². The smallest absolute Gasteiger partial charge is 0.243 e. The SMILES string of the molecule is COc1ccc(S(=O)(=O)N(CC(=O)N[C@@H]2CCCc3ccccc32)Cc2ccccc2)cc1OC. The third kappa shape index (κ3) is 5.66. The normalized spacial score (nSPS) is 15.3. The van der Waals surface area contributed by atoms with Crippen LogP contribution in [0, 0.1) is 0 Å². The maximum Gasteiger partial charge on any atom is 0.243 e. The number of nitrogens with one attached hydrogen (secondary N) is 1. The predicted octanol–water partition coefficient (Wildman–Crippen LogP) is 4.09. The van der Waals surface area contributed by atoms with Gasteiger partial charge in [0.1, 0.15) is 0 Å². The van der Waals surface area contributed by atoms with E-state index in [2.05, 4.69) is 11.4 Å². The monoisotopic (exact) mass is 494 g/mol. The minimum atomic E-state index is -4.02. The molecule has 3 aromatic rings. The lowest BCUT2D eigenvalue weighted by molar-refractivity contribution is -0.122. The van der Waals surface area contributed by atoms with Gasteiger partial charge >= 0.3 is 0 Å². The van der Waals surface area contributed by atoms with Gasteiger partial charge in [-0.2, -0.15) is 4.31 Å². The molecule has 0 unspecified atom stereocenters. The highest BCUT2D eigenvalue weighted by atomic mass is 32.2. The van der Waals surface area contributed by atoms with Gasteiger partial charge in [0.15, 0.2) is 11.5 Å². The summed E-state index contributed by atoms with van der Waals surface area (Å²) in [7, 11) is -1.08. The molecule has 0 spiro atoms. The summed E-state index contributed by atoms with van der Waals surface area (Å²) in [6, 6.07) is 21.6. The Balaban J connectivity index is 1.60. The number of methoxy groups -OCH3 is 2. The quantitative estimate of drug-likeness (QED) is 0.484. The lowest BCUT2D eigenvalue weighted by Gasteiger charge is -2.28. The van der Waals surface area contributed by atoms with Crippen LogP contribution in [0.15, 0.2) is 77.7 Å². The van der Waals surface area contributed by atoms with Gasteiger partial charge in [-0.05, 0) is 48.1 Å². The van der Waals surface area contributed by atoms with E-state index in [1.807, 2.05) is 48.5 Å². The summed E-state index contributed by atoms with van der Waals surface area (Å²) in [6.45, 7) is -0.240. The molecule has 1 aliphatic rings. The van der Waals surface area contributed by atoms with Crippen LogP contribution in [-0.4, -0.2) is 39.4 Å². The average molecular weight is 495 g/mol. The second-order valence-corrected chi connectivity index (χ2v) is 10.4. The van der Waals surface area contributed by atoms with Gasteiger partial charge in [-0.3, -0.25) is 4.79 Å². The Morgan fingerprint density at radius 2 is 1.69 bits per heavy atom. The number of carbonyl (C=O) groups excluding carboxylic acids is 1. The number of nitrogens with zero attached hydrogens (tertiary/aromatic N) is 1. The molecule has 1 N–H and O–H groups in total. The summed E-state index contributed by atoms with van der Waals surface area (Å²) in [5, 5.41) is 3.07. The minimum absolute atomic E-state index is 0.0295. The molecule has 1 atom stereocenters. The number of ether oxygens (including phenoxy) is 2. The molecule has 1 amide bonds. The highest BCUT2D eigenvalue weighted by Gasteiger charge is 2.29. The van der Waals surface area contributed by atoms with Crippen molar-refractivity contribution in [2.75, 3.05) is 20.8 Å². The van der Waals surface area contributed by atoms with Crippen LogP contribution in [0.3, 0.4) is 0 Å². The number of sulfonamides is 1. The minimum Gasteiger partial charge on any atom is -0.493 e. The number of benzene rings is 3. The molecule has 0 radical (unpaired) electrons. The van der Waals surface area contributed by atoms with Crippen LogP contribution in [0.25, 0.3) is 0 Å². The first-order valence-corrected chi connectivity index (χ1v) is 13.0. The molecule has 0 bridgehead atoms. The maximum atomic E-state index is 13.7. The van der Waals surface area contributed by atoms with Gasteiger partial charge in [-0.25, -0.2) is 8.42 Å². The number of amides is 1. The Hall–Kier alpha value is -3.36. The van der Waals surface area contributed by atoms with Crippen molar-refractivity contribution in [3.63, 3.8) is 0 Å². The fraction of sp³-hybridized carbons (Fsp3) is 0.296. The van der Waals surface area contributed by atoms with Crippen LogP contribution in [0.1, 0.15) is 35.6 Å². The standard InChI is InChI=1S/C27H30N2O5S/c1-33-25-16-15-22(17-26(25)34-2)35(31,32)29(18-20-9-4-3-5-10-20)19-27(30)28-24-14-8-12-21-11-6-7-13-23(21)24/h3-7,9-11,13,15-17,24H,8,12,14,18-19H2,1-2H3,(H,28,30)/t24-/m1/s1. The summed E-state index contributed by atoms with van der Waals surface area (Å²) in [6.07, 6.45) is 2.78. The Morgan fingerprint density at radius 3 is 2.43 bits per heavy atom. The van der Waals surface area contributed by atoms with E-state index in [0.29, 0.717) is 11.5 Å². The predicted molar refractivity (Wildman–Crippen MR) is 134 cm³/mol. The van der Waals surface area contributed by atoms with Gasteiger partial charge in [0.25, 0.3) is 0 Å². The zero-order valence-corrected chi connectivity index (χ0v) is 20.8. The van der Waals surface area contributed by atoms with Crippen molar-refractivity contribution >= 4 is 15.9 Å². The first-order chi connectivity index (χ1) is 16.9. The van der Waals surface area contributed by atoms with Crippen molar-refractivity contribution < 1.29 is 22.7 Å². The lowest BCUT2D eigenvalue weighted by Crippen LogP contribution is -2.42. The summed E-state index contributed by atoms with van der Waals surface area (Å²) >= 11 is 0. The third-order valence-corrected chi connectivity index (χ3v) is 8.01. The molecule has 0 aromatic heterocycles. The molecule has 0 heterocycles. The van der Waals surface area contributed by atoms with E-state index in [4.69, 9.17) is 9.47 Å². The summed E-state index contributed by atoms with van der Waals surface area (Å²) < 4.78 is 39.1. The van der Waals surface area contributed by atoms with Crippen molar-refractivity contribution in [2.45, 2.75) is 36.7 Å². The van der Waals surface area contributed by atoms with Crippen molar-refractivity contribution in [2.24, 2.45) is 0 Å². The molecule has 3 aromatic carbocycles. The highest BCUT2D eigenvalue weighted by molar-refractivity contribution is 7.89. The Bertz CT molecular complexity index is 1280. The van der Waals surface area contributed by atoms with Gasteiger partial charge in [0.2, 0.25) is 15.9 Å². The molecule has 0 aliphatic heterocycles. The number of hydrogen-bond acceptors (Lipinski definition) is 5. The molecule has 1 aliphatic carbocycles. The number of aryl methyl sites for hydroxylation is 1. The van der Waals surface area contributed by atoms with Gasteiger partial charge in [0.05, 0.1) is 31.7 Å². The first-order valence-electron chi connectivity index (χ1n) is 11.6. The summed E-state index contributed by atoms with van der Waals surface area (Å²) in [5.41, 5.74) is 3.11. The molecule has 184 valence electrons. The van der Waals surface area contributed by atoms with E-state index in [0.717, 1.165) is 30.4 Å². The van der Waals surface area contributed by atoms with E-state index in [-0.39, 0.29) is 29.9 Å². The van der Waals surface area contributed by atoms with Gasteiger partial charge < -0.3 is 14.8 Å². The maximum absolute atomic E-state index is 13.7. The fourth-order valence-electron chi connectivity index (χ4n) is 4.44. The first kappa shape index (κ1) is 24.8. The molecule has 7 nitrogen and oxygen atoms in total. The lowest BCUT2D eigenvalue weighted by atomic mass is 9.88. The second-order valence-electron chi connectivity index (χ2n) is 8.49. The summed E-state index contributed by atoms with van der Waals surface area (Å²) in [5.74, 6) is 0.387. The van der Waals surface area contributed by atoms with E-state index < -0.39 is 10.0 Å². The van der Waals surface area contributed by atoms with Gasteiger partial charge in [-0.15, -0.1) is 0 Å². The van der Waals surface area contributed by atoms with Crippen LogP contribution in [-0.2, 0) is 27.8 Å². The van der Waals surface area contributed by atoms with Crippen LogP contribution >= 0.6 is 0 Å². The van der Waals surface area contributed by atoms with Gasteiger partial charge in [-0.1, -0.05) is 54.6 Å². The zero-order valence-electron chi connectivity index (χ0n) is 19.9. The van der Waals surface area contributed by atoms with Crippen molar-refractivity contribution in [3.05, 3.63) is 89.5 Å². The number of carbonyl (C=O) groups is 1. The summed E-state index contributed by atoms with van der Waals surface area (Å²) in [4.78, 5) is 13.2. The van der Waals surface area contributed by atoms with E-state index in [1.165, 1.54) is 36.2 Å². The van der Waals surface area contributed by atoms with Crippen molar-refractivity contribution in [1.29, 1.82) is 0 Å². The number of hydrogen-bond donors (Lipinski definition) is 1. The van der Waals surface area contributed by atoms with Crippen LogP contribution < -0.4 is 14.8 Å². The van der Waals surface area contributed by atoms with Crippen LogP contribution in [0.5, 0.6) is 11.5 Å². The van der Waals surface area contributed by atoms with E-state index in [1.54, 1.807) is 6.07 Å². The Kier molecular flexibility index (Phi) is 7.73. The average Bonchev–Trinajstić information content (AvgIpc) is 2.88. The largest absolute Gasteiger partial charge is 0.493 e. The molecule has 8 heteroatoms. The Morgan fingerprint density at radius 1 is 0.971 bits per heavy atom. The zero-order chi connectivity index (χ0) is 24.8. The van der Waals surface area contributed by atoms with Crippen LogP contribution in [0.2, 0.25) is 0 Å². The second kappa shape index (κ2) is 10.9. The van der Waals surface area contributed by atoms with Crippen molar-refractivity contribution in [3.8, 4) is 11.5 Å².